The van der Waals surface area contributed by atoms with Crippen molar-refractivity contribution in [1.29, 1.82) is 5.26 Å². The first kappa shape index (κ1) is 25.3. The fourth-order valence-corrected chi connectivity index (χ4v) is 5.46. The molecule has 3 aromatic carbocycles. The Morgan fingerprint density at radius 1 is 1.00 bits per heavy atom. The number of carbonyl (C=O) groups excluding carboxylic acids is 1. The minimum absolute atomic E-state index is 0.0536. The van der Waals surface area contributed by atoms with Gasteiger partial charge in [0.1, 0.15) is 11.8 Å². The van der Waals surface area contributed by atoms with E-state index in [0.717, 1.165) is 53.2 Å². The lowest BCUT2D eigenvalue weighted by molar-refractivity contribution is -0.384. The summed E-state index contributed by atoms with van der Waals surface area (Å²) >= 11 is 3.27. The van der Waals surface area contributed by atoms with Gasteiger partial charge in [-0.1, -0.05) is 18.2 Å². The smallest absolute Gasteiger partial charge is 0.272 e. The number of carbonyl (C=O) groups is 1. The number of nitro benzene ring substituents is 1. The van der Waals surface area contributed by atoms with E-state index in [-0.39, 0.29) is 22.8 Å². The monoisotopic (exact) mass is 570 g/mol. The van der Waals surface area contributed by atoms with Crippen LogP contribution in [0.3, 0.4) is 0 Å². The Morgan fingerprint density at radius 3 is 2.39 bits per heavy atom. The molecule has 10 heteroatoms. The molecule has 0 fully saturated rings. The molecule has 0 saturated heterocycles. The molecule has 5 rings (SSSR count). The molecular formula is C28H23BrN6O3. The number of anilines is 1. The van der Waals surface area contributed by atoms with Crippen LogP contribution in [-0.4, -0.2) is 28.8 Å². The van der Waals surface area contributed by atoms with Crippen molar-refractivity contribution < 1.29 is 9.72 Å². The third-order valence-corrected chi connectivity index (χ3v) is 7.42. The predicted octanol–water partition coefficient (Wildman–Crippen LogP) is 7.40. The summed E-state index contributed by atoms with van der Waals surface area (Å²) in [5.74, 6) is 0.0536. The van der Waals surface area contributed by atoms with Crippen LogP contribution in [0.2, 0.25) is 0 Å². The average molecular weight is 571 g/mol. The van der Waals surface area contributed by atoms with Crippen LogP contribution in [0.4, 0.5) is 22.7 Å². The Kier molecular flexibility index (Phi) is 6.78. The first-order valence-electron chi connectivity index (χ1n) is 12.1. The highest BCUT2D eigenvalue weighted by Crippen LogP contribution is 2.40. The molecule has 2 aliphatic heterocycles. The van der Waals surface area contributed by atoms with E-state index in [4.69, 9.17) is 0 Å². The molecule has 0 atom stereocenters. The van der Waals surface area contributed by atoms with E-state index in [1.165, 1.54) is 12.1 Å². The number of aryl methyl sites for hydroxylation is 1. The molecule has 0 radical (unpaired) electrons. The summed E-state index contributed by atoms with van der Waals surface area (Å²) < 4.78 is 0.320. The molecule has 2 aliphatic rings. The van der Waals surface area contributed by atoms with E-state index in [1.54, 1.807) is 0 Å². The topological polar surface area (TPSA) is 115 Å². The summed E-state index contributed by atoms with van der Waals surface area (Å²) in [6.45, 7) is 5.51. The number of nitro groups is 1. The van der Waals surface area contributed by atoms with Crippen molar-refractivity contribution in [2.24, 2.45) is 10.2 Å². The second-order valence-corrected chi connectivity index (χ2v) is 10.0. The van der Waals surface area contributed by atoms with Gasteiger partial charge in [0.2, 0.25) is 0 Å². The summed E-state index contributed by atoms with van der Waals surface area (Å²) in [6.07, 6.45) is 1.85. The summed E-state index contributed by atoms with van der Waals surface area (Å²) in [5, 5.41) is 29.2. The lowest BCUT2D eigenvalue weighted by atomic mass is 10.1. The standard InChI is InChI=1S/C28H23BrN6O3/c1-17-13-20(9-10-25(17)31-32-26-19(16-30)14-21(35(37)38)15-24(26)29)33-11-5-6-12-34-27(18(33)2)22-7-3-4-8-23(22)28(34)36/h3-4,7-10,13-15H,5-6,11-12H2,1-2H3/b27-18+,32-31?. The Labute approximate surface area is 228 Å². The van der Waals surface area contributed by atoms with Gasteiger partial charge in [0.25, 0.3) is 11.6 Å². The van der Waals surface area contributed by atoms with Gasteiger partial charge in [0, 0.05) is 47.7 Å². The molecular weight excluding hydrogens is 548 g/mol. The number of hydrogen-bond acceptors (Lipinski definition) is 7. The molecule has 190 valence electrons. The second-order valence-electron chi connectivity index (χ2n) is 9.16. The molecule has 38 heavy (non-hydrogen) atoms. The lowest BCUT2D eigenvalue weighted by Gasteiger charge is -2.33. The van der Waals surface area contributed by atoms with Crippen LogP contribution in [0, 0.1) is 28.4 Å². The molecule has 2 heterocycles. The van der Waals surface area contributed by atoms with Crippen molar-refractivity contribution >= 4 is 50.3 Å². The molecule has 0 aliphatic carbocycles. The number of nitriles is 1. The van der Waals surface area contributed by atoms with Crippen molar-refractivity contribution in [3.63, 3.8) is 0 Å². The van der Waals surface area contributed by atoms with Gasteiger partial charge in [-0.25, -0.2) is 0 Å². The zero-order chi connectivity index (χ0) is 27.0. The van der Waals surface area contributed by atoms with Crippen molar-refractivity contribution in [2.45, 2.75) is 26.7 Å². The van der Waals surface area contributed by atoms with Crippen molar-refractivity contribution in [3.8, 4) is 6.07 Å². The highest BCUT2D eigenvalue weighted by molar-refractivity contribution is 9.10. The molecule has 9 nitrogen and oxygen atoms in total. The third kappa shape index (κ3) is 4.46. The number of amides is 1. The van der Waals surface area contributed by atoms with Crippen LogP contribution in [0.1, 0.15) is 46.8 Å². The van der Waals surface area contributed by atoms with Gasteiger partial charge in [-0.15, -0.1) is 5.11 Å². The van der Waals surface area contributed by atoms with E-state index < -0.39 is 4.92 Å². The van der Waals surface area contributed by atoms with Crippen LogP contribution in [-0.2, 0) is 0 Å². The largest absolute Gasteiger partial charge is 0.343 e. The van der Waals surface area contributed by atoms with Gasteiger partial charge in [0.15, 0.2) is 0 Å². The van der Waals surface area contributed by atoms with Gasteiger partial charge < -0.3 is 9.80 Å². The average Bonchev–Trinajstić information content (AvgIpc) is 3.17. The minimum Gasteiger partial charge on any atom is -0.343 e. The summed E-state index contributed by atoms with van der Waals surface area (Å²) in [6, 6.07) is 18.1. The maximum Gasteiger partial charge on any atom is 0.272 e. The van der Waals surface area contributed by atoms with Crippen LogP contribution < -0.4 is 4.90 Å². The lowest BCUT2D eigenvalue weighted by Crippen LogP contribution is -2.33. The molecule has 0 unspecified atom stereocenters. The highest BCUT2D eigenvalue weighted by Gasteiger charge is 2.35. The van der Waals surface area contributed by atoms with Crippen LogP contribution in [0.15, 0.2) is 75.0 Å². The van der Waals surface area contributed by atoms with Crippen molar-refractivity contribution in [1.82, 2.24) is 4.90 Å². The number of benzene rings is 3. The maximum absolute atomic E-state index is 13.1. The molecule has 1 amide bonds. The van der Waals surface area contributed by atoms with E-state index in [0.29, 0.717) is 16.7 Å². The third-order valence-electron chi connectivity index (χ3n) is 6.82. The number of hydrogen-bond donors (Lipinski definition) is 0. The number of halogens is 1. The number of non-ortho nitro benzene ring substituents is 1. The fourth-order valence-electron chi connectivity index (χ4n) is 4.93. The zero-order valence-corrected chi connectivity index (χ0v) is 22.4. The molecule has 0 N–H and O–H groups in total. The van der Waals surface area contributed by atoms with Gasteiger partial charge in [-0.2, -0.15) is 10.4 Å². The Hall–Kier alpha value is -4.36. The van der Waals surface area contributed by atoms with E-state index in [1.807, 2.05) is 60.4 Å². The summed E-state index contributed by atoms with van der Waals surface area (Å²) in [7, 11) is 0. The molecule has 0 bridgehead atoms. The normalized spacial score (nSPS) is 17.2. The van der Waals surface area contributed by atoms with Crippen LogP contribution >= 0.6 is 15.9 Å². The SMILES string of the molecule is C/C1=C2/c3ccccc3C(=O)N2CCCCN1c1ccc(N=Nc2c(Br)cc([N+](=O)[O-])cc2C#N)c(C)c1. The maximum atomic E-state index is 13.1. The predicted molar refractivity (Wildman–Crippen MR) is 148 cm³/mol. The van der Waals surface area contributed by atoms with Gasteiger partial charge in [0.05, 0.1) is 26.3 Å². The number of allylic oxidation sites excluding steroid dienone is 1. The van der Waals surface area contributed by atoms with Gasteiger partial charge in [-0.05, 0) is 72.4 Å². The molecule has 3 aromatic rings. The first-order valence-corrected chi connectivity index (χ1v) is 12.9. The summed E-state index contributed by atoms with van der Waals surface area (Å²) in [5.41, 5.74) is 6.25. The number of fused-ring (bicyclic) bond motifs is 3. The Bertz CT molecular complexity index is 1590. The van der Waals surface area contributed by atoms with Crippen molar-refractivity contribution in [3.05, 3.63) is 97.1 Å². The summed E-state index contributed by atoms with van der Waals surface area (Å²) in [4.78, 5) is 27.8. The van der Waals surface area contributed by atoms with Gasteiger partial charge in [-0.3, -0.25) is 14.9 Å². The van der Waals surface area contributed by atoms with Crippen molar-refractivity contribution in [2.75, 3.05) is 18.0 Å². The minimum atomic E-state index is -0.559. The van der Waals surface area contributed by atoms with E-state index >= 15 is 0 Å². The Morgan fingerprint density at radius 2 is 1.71 bits per heavy atom. The highest BCUT2D eigenvalue weighted by atomic mass is 79.9. The molecule has 0 aromatic heterocycles. The number of rotatable bonds is 4. The Balaban J connectivity index is 1.50. The second kappa shape index (κ2) is 10.2. The van der Waals surface area contributed by atoms with Crippen LogP contribution in [0.5, 0.6) is 0 Å². The zero-order valence-electron chi connectivity index (χ0n) is 20.8. The fraction of sp³-hybridized carbons (Fsp3) is 0.214. The van der Waals surface area contributed by atoms with E-state index in [9.17, 15) is 20.2 Å². The quantitative estimate of drug-likeness (QED) is 0.184. The van der Waals surface area contributed by atoms with E-state index in [2.05, 4.69) is 38.0 Å². The first-order chi connectivity index (χ1) is 18.3. The number of nitrogens with zero attached hydrogens (tertiary/aromatic N) is 6. The number of azo groups is 1. The molecule has 0 spiro atoms. The van der Waals surface area contributed by atoms with Crippen LogP contribution in [0.25, 0.3) is 5.70 Å². The molecule has 0 saturated carbocycles. The van der Waals surface area contributed by atoms with Gasteiger partial charge >= 0.3 is 0 Å².